The molecular weight excluding hydrogens is 519 g/mol. The van der Waals surface area contributed by atoms with E-state index < -0.39 is 21.6 Å². The first-order chi connectivity index (χ1) is 18.5. The maximum Gasteiger partial charge on any atom is 0.227 e. The topological polar surface area (TPSA) is 112 Å². The molecule has 0 amide bonds. The highest BCUT2D eigenvalue weighted by molar-refractivity contribution is 7.91. The molecule has 4 heterocycles. The normalized spacial score (nSPS) is 22.4. The number of rotatable bonds is 8. The Morgan fingerprint density at radius 1 is 1.15 bits per heavy atom. The minimum absolute atomic E-state index is 0.0219. The second-order valence-electron chi connectivity index (χ2n) is 11.3. The SMILES string of the molecule is CCS(=O)(=O)CC1CN(c2ccc(C(C)C)c3cc(Nc4ccnc(N5CC[C@H](O)[C@@](C)(F)C5)n4)ncc23)C1. The fraction of sp³-hybridized carbons (Fsp3) is 0.536. The van der Waals surface area contributed by atoms with Crippen LogP contribution >= 0.6 is 0 Å². The summed E-state index contributed by atoms with van der Waals surface area (Å²) in [6.45, 7) is 9.33. The number of benzene rings is 1. The first-order valence-corrected chi connectivity index (χ1v) is 15.4. The predicted molar refractivity (Wildman–Crippen MR) is 154 cm³/mol. The molecule has 2 aliphatic rings. The Bertz CT molecular complexity index is 1460. The fourth-order valence-corrected chi connectivity index (χ4v) is 6.62. The van der Waals surface area contributed by atoms with Gasteiger partial charge < -0.3 is 20.2 Å². The molecule has 0 radical (unpaired) electrons. The molecule has 2 aromatic heterocycles. The summed E-state index contributed by atoms with van der Waals surface area (Å²) in [6, 6.07) is 8.02. The van der Waals surface area contributed by atoms with Crippen LogP contribution in [0.15, 0.2) is 36.7 Å². The lowest BCUT2D eigenvalue weighted by atomic mass is 9.93. The number of aliphatic hydroxyl groups excluding tert-OH is 1. The van der Waals surface area contributed by atoms with Gasteiger partial charge in [0.25, 0.3) is 0 Å². The smallest absolute Gasteiger partial charge is 0.227 e. The molecule has 5 rings (SSSR count). The van der Waals surface area contributed by atoms with Gasteiger partial charge in [-0.25, -0.2) is 22.8 Å². The van der Waals surface area contributed by atoms with Crippen molar-refractivity contribution < 1.29 is 17.9 Å². The lowest BCUT2D eigenvalue weighted by Gasteiger charge is -2.41. The first-order valence-electron chi connectivity index (χ1n) is 13.6. The molecule has 2 saturated heterocycles. The summed E-state index contributed by atoms with van der Waals surface area (Å²) in [6.07, 6.45) is 2.80. The minimum atomic E-state index is -2.99. The second kappa shape index (κ2) is 10.5. The Balaban J connectivity index is 1.38. The van der Waals surface area contributed by atoms with E-state index in [0.717, 1.165) is 16.5 Å². The van der Waals surface area contributed by atoms with Crippen LogP contribution in [0.3, 0.4) is 0 Å². The van der Waals surface area contributed by atoms with Crippen molar-refractivity contribution >= 4 is 43.9 Å². The van der Waals surface area contributed by atoms with Crippen molar-refractivity contribution in [3.8, 4) is 0 Å². The molecule has 2 fully saturated rings. The zero-order valence-corrected chi connectivity index (χ0v) is 23.7. The Hall–Kier alpha value is -3.05. The highest BCUT2D eigenvalue weighted by Crippen LogP contribution is 2.37. The van der Waals surface area contributed by atoms with Gasteiger partial charge in [0.15, 0.2) is 5.67 Å². The molecule has 2 N–H and O–H groups in total. The maximum absolute atomic E-state index is 14.7. The molecule has 210 valence electrons. The van der Waals surface area contributed by atoms with Gasteiger partial charge in [0, 0.05) is 54.8 Å². The van der Waals surface area contributed by atoms with Crippen molar-refractivity contribution in [1.29, 1.82) is 0 Å². The van der Waals surface area contributed by atoms with E-state index in [0.29, 0.717) is 49.6 Å². The van der Waals surface area contributed by atoms with E-state index >= 15 is 0 Å². The van der Waals surface area contributed by atoms with Crippen LogP contribution in [0, 0.1) is 5.92 Å². The van der Waals surface area contributed by atoms with E-state index in [1.54, 1.807) is 24.1 Å². The summed E-state index contributed by atoms with van der Waals surface area (Å²) >= 11 is 0. The third kappa shape index (κ3) is 5.79. The summed E-state index contributed by atoms with van der Waals surface area (Å²) < 4.78 is 38.8. The minimum Gasteiger partial charge on any atom is -0.390 e. The van der Waals surface area contributed by atoms with Crippen LogP contribution in [0.4, 0.5) is 27.7 Å². The van der Waals surface area contributed by atoms with Gasteiger partial charge in [-0.05, 0) is 48.4 Å². The van der Waals surface area contributed by atoms with E-state index in [9.17, 15) is 17.9 Å². The molecule has 9 nitrogen and oxygen atoms in total. The van der Waals surface area contributed by atoms with Crippen LogP contribution in [-0.4, -0.2) is 77.9 Å². The average Bonchev–Trinajstić information content (AvgIpc) is 2.87. The Morgan fingerprint density at radius 2 is 1.92 bits per heavy atom. The van der Waals surface area contributed by atoms with Crippen molar-refractivity contribution in [2.24, 2.45) is 5.92 Å². The van der Waals surface area contributed by atoms with Crippen LogP contribution in [0.5, 0.6) is 0 Å². The van der Waals surface area contributed by atoms with Gasteiger partial charge in [0.2, 0.25) is 5.95 Å². The van der Waals surface area contributed by atoms with Crippen molar-refractivity contribution in [1.82, 2.24) is 15.0 Å². The van der Waals surface area contributed by atoms with E-state index in [1.807, 2.05) is 12.3 Å². The van der Waals surface area contributed by atoms with Gasteiger partial charge in [-0.15, -0.1) is 0 Å². The molecule has 0 bridgehead atoms. The second-order valence-corrected chi connectivity index (χ2v) is 13.7. The molecule has 11 heteroatoms. The van der Waals surface area contributed by atoms with E-state index in [2.05, 4.69) is 51.1 Å². The van der Waals surface area contributed by atoms with E-state index in [4.69, 9.17) is 0 Å². The summed E-state index contributed by atoms with van der Waals surface area (Å²) in [5.74, 6) is 2.44. The van der Waals surface area contributed by atoms with Crippen molar-refractivity contribution in [3.05, 3.63) is 42.2 Å². The average molecular weight is 557 g/mol. The number of hydrogen-bond acceptors (Lipinski definition) is 9. The van der Waals surface area contributed by atoms with Crippen LogP contribution < -0.4 is 15.1 Å². The number of fused-ring (bicyclic) bond motifs is 1. The summed E-state index contributed by atoms with van der Waals surface area (Å²) in [5.41, 5.74) is 0.531. The van der Waals surface area contributed by atoms with Crippen molar-refractivity contribution in [3.63, 3.8) is 0 Å². The quantitative estimate of drug-likeness (QED) is 0.424. The van der Waals surface area contributed by atoms with Gasteiger partial charge >= 0.3 is 0 Å². The molecule has 1 aromatic carbocycles. The largest absolute Gasteiger partial charge is 0.390 e. The number of nitrogens with one attached hydrogen (secondary N) is 1. The lowest BCUT2D eigenvalue weighted by Crippen LogP contribution is -2.52. The molecule has 0 spiro atoms. The fourth-order valence-electron chi connectivity index (χ4n) is 5.45. The number of anilines is 4. The van der Waals surface area contributed by atoms with Gasteiger partial charge in [0.1, 0.15) is 21.5 Å². The van der Waals surface area contributed by atoms with Gasteiger partial charge in [-0.2, -0.15) is 4.98 Å². The Morgan fingerprint density at radius 3 is 2.62 bits per heavy atom. The van der Waals surface area contributed by atoms with Crippen LogP contribution in [0.1, 0.15) is 45.6 Å². The molecule has 2 aliphatic heterocycles. The highest BCUT2D eigenvalue weighted by Gasteiger charge is 2.39. The Labute approximate surface area is 229 Å². The number of aliphatic hydroxyl groups is 1. The van der Waals surface area contributed by atoms with E-state index in [1.165, 1.54) is 12.5 Å². The number of sulfone groups is 1. The summed E-state index contributed by atoms with van der Waals surface area (Å²) in [7, 11) is -2.99. The molecule has 3 aromatic rings. The molecule has 2 atom stereocenters. The number of piperidine rings is 1. The lowest BCUT2D eigenvalue weighted by molar-refractivity contribution is -0.00860. The highest BCUT2D eigenvalue weighted by atomic mass is 32.2. The standard InChI is InChI=1S/C28H37FN6O3S/c1-5-39(37,38)16-19-14-35(15-19)23-7-6-20(18(2)3)21-12-26(31-13-22(21)23)32-25-8-10-30-27(33-25)34-11-9-24(36)28(4,29)17-34/h6-8,10,12-13,18-19,24,36H,5,9,11,14-17H2,1-4H3,(H,30,31,32,33)/t24-,28-/m0/s1. The zero-order valence-electron chi connectivity index (χ0n) is 22.9. The number of alkyl halides is 1. The van der Waals surface area contributed by atoms with Gasteiger partial charge in [0.05, 0.1) is 18.4 Å². The summed E-state index contributed by atoms with van der Waals surface area (Å²) in [5, 5.41) is 15.3. The number of nitrogens with zero attached hydrogens (tertiary/aromatic N) is 5. The molecule has 0 saturated carbocycles. The van der Waals surface area contributed by atoms with Crippen LogP contribution in [-0.2, 0) is 9.84 Å². The number of halogens is 1. The van der Waals surface area contributed by atoms with Crippen LogP contribution in [0.25, 0.3) is 10.8 Å². The van der Waals surface area contributed by atoms with E-state index in [-0.39, 0.29) is 24.0 Å². The van der Waals surface area contributed by atoms with Crippen LogP contribution in [0.2, 0.25) is 0 Å². The van der Waals surface area contributed by atoms with Crippen molar-refractivity contribution in [2.45, 2.75) is 51.8 Å². The number of pyridine rings is 1. The maximum atomic E-state index is 14.7. The Kier molecular flexibility index (Phi) is 7.41. The summed E-state index contributed by atoms with van der Waals surface area (Å²) in [4.78, 5) is 17.6. The molecule has 0 unspecified atom stereocenters. The van der Waals surface area contributed by atoms with Crippen molar-refractivity contribution in [2.75, 3.05) is 52.8 Å². The number of hydrogen-bond donors (Lipinski definition) is 2. The third-order valence-corrected chi connectivity index (χ3v) is 9.67. The predicted octanol–water partition coefficient (Wildman–Crippen LogP) is 4.06. The van der Waals surface area contributed by atoms with Gasteiger partial charge in [-0.1, -0.05) is 26.8 Å². The third-order valence-electron chi connectivity index (χ3n) is 7.81. The first kappa shape index (κ1) is 27.5. The number of aromatic nitrogens is 3. The molecule has 39 heavy (non-hydrogen) atoms. The monoisotopic (exact) mass is 556 g/mol. The molecular formula is C28H37FN6O3S. The zero-order chi connectivity index (χ0) is 27.9. The molecule has 0 aliphatic carbocycles. The van der Waals surface area contributed by atoms with Gasteiger partial charge in [-0.3, -0.25) is 0 Å².